The Morgan fingerprint density at radius 1 is 1.27 bits per heavy atom. The SMILES string of the molecule is CC(NS(=O)(=O)c1ccc(Cl)cc1)C(=O)NCCCC(=O)O. The Morgan fingerprint density at radius 3 is 2.41 bits per heavy atom. The molecule has 7 nitrogen and oxygen atoms in total. The summed E-state index contributed by atoms with van der Waals surface area (Å²) < 4.78 is 26.4. The zero-order chi connectivity index (χ0) is 16.8. The van der Waals surface area contributed by atoms with Crippen LogP contribution in [0.1, 0.15) is 19.8 Å². The van der Waals surface area contributed by atoms with Crippen molar-refractivity contribution in [3.05, 3.63) is 29.3 Å². The molecule has 0 spiro atoms. The minimum absolute atomic E-state index is 0.00225. The summed E-state index contributed by atoms with van der Waals surface area (Å²) >= 11 is 5.69. The zero-order valence-electron chi connectivity index (χ0n) is 11.9. The summed E-state index contributed by atoms with van der Waals surface area (Å²) in [5.74, 6) is -1.48. The number of carboxylic acid groups (broad SMARTS) is 1. The first-order valence-electron chi connectivity index (χ1n) is 6.50. The molecule has 1 amide bonds. The molecule has 0 aromatic heterocycles. The number of aliphatic carboxylic acids is 1. The largest absolute Gasteiger partial charge is 0.481 e. The highest BCUT2D eigenvalue weighted by Gasteiger charge is 2.21. The van der Waals surface area contributed by atoms with Crippen molar-refractivity contribution >= 4 is 33.5 Å². The van der Waals surface area contributed by atoms with E-state index in [2.05, 4.69) is 10.0 Å². The molecule has 1 aromatic carbocycles. The zero-order valence-corrected chi connectivity index (χ0v) is 13.4. The van der Waals surface area contributed by atoms with Crippen LogP contribution >= 0.6 is 11.6 Å². The molecule has 0 saturated heterocycles. The quantitative estimate of drug-likeness (QED) is 0.606. The third kappa shape index (κ3) is 6.00. The molecule has 1 aromatic rings. The van der Waals surface area contributed by atoms with Crippen LogP contribution in [0.25, 0.3) is 0 Å². The first-order valence-corrected chi connectivity index (χ1v) is 8.36. The number of halogens is 1. The molecule has 0 aliphatic heterocycles. The van der Waals surface area contributed by atoms with E-state index in [1.54, 1.807) is 0 Å². The Morgan fingerprint density at radius 2 is 1.86 bits per heavy atom. The fourth-order valence-electron chi connectivity index (χ4n) is 1.57. The molecule has 1 unspecified atom stereocenters. The van der Waals surface area contributed by atoms with E-state index in [1.165, 1.54) is 31.2 Å². The second-order valence-corrected chi connectivity index (χ2v) is 6.74. The van der Waals surface area contributed by atoms with Gasteiger partial charge >= 0.3 is 5.97 Å². The van der Waals surface area contributed by atoms with E-state index in [-0.39, 0.29) is 24.3 Å². The standard InChI is InChI=1S/C13H17ClN2O5S/c1-9(13(19)15-8-2-3-12(17)18)16-22(20,21)11-6-4-10(14)5-7-11/h4-7,9,16H,2-3,8H2,1H3,(H,15,19)(H,17,18). The number of benzene rings is 1. The molecule has 122 valence electrons. The second-order valence-electron chi connectivity index (χ2n) is 4.59. The molecular formula is C13H17ClN2O5S. The minimum Gasteiger partial charge on any atom is -0.481 e. The average Bonchev–Trinajstić information content (AvgIpc) is 2.43. The van der Waals surface area contributed by atoms with Crippen molar-refractivity contribution in [3.63, 3.8) is 0 Å². The highest BCUT2D eigenvalue weighted by Crippen LogP contribution is 2.14. The number of carbonyl (C=O) groups is 2. The summed E-state index contributed by atoms with van der Waals surface area (Å²) in [5.41, 5.74) is 0. The summed E-state index contributed by atoms with van der Waals surface area (Å²) in [4.78, 5) is 22.1. The van der Waals surface area contributed by atoms with E-state index in [4.69, 9.17) is 16.7 Å². The van der Waals surface area contributed by atoms with Crippen LogP contribution < -0.4 is 10.0 Å². The number of carboxylic acids is 1. The molecular weight excluding hydrogens is 332 g/mol. The van der Waals surface area contributed by atoms with Crippen molar-refractivity contribution in [2.75, 3.05) is 6.54 Å². The molecule has 0 saturated carbocycles. The van der Waals surface area contributed by atoms with Gasteiger partial charge in [-0.15, -0.1) is 0 Å². The smallest absolute Gasteiger partial charge is 0.303 e. The van der Waals surface area contributed by atoms with Gasteiger partial charge in [0.15, 0.2) is 0 Å². The van der Waals surface area contributed by atoms with Gasteiger partial charge in [0.05, 0.1) is 10.9 Å². The number of nitrogens with one attached hydrogen (secondary N) is 2. The van der Waals surface area contributed by atoms with Gasteiger partial charge in [0.25, 0.3) is 0 Å². The van der Waals surface area contributed by atoms with Crippen LogP contribution in [0.4, 0.5) is 0 Å². The lowest BCUT2D eigenvalue weighted by atomic mass is 10.3. The maximum Gasteiger partial charge on any atom is 0.303 e. The van der Waals surface area contributed by atoms with Crippen LogP contribution in [-0.2, 0) is 19.6 Å². The van der Waals surface area contributed by atoms with E-state index in [9.17, 15) is 18.0 Å². The third-order valence-electron chi connectivity index (χ3n) is 2.72. The Labute approximate surface area is 133 Å². The van der Waals surface area contributed by atoms with Crippen LogP contribution in [0, 0.1) is 0 Å². The van der Waals surface area contributed by atoms with Gasteiger partial charge in [0.1, 0.15) is 0 Å². The van der Waals surface area contributed by atoms with Crippen LogP contribution in [-0.4, -0.2) is 38.0 Å². The van der Waals surface area contributed by atoms with Gasteiger partial charge in [-0.25, -0.2) is 8.42 Å². The predicted molar refractivity (Wildman–Crippen MR) is 81.1 cm³/mol. The van der Waals surface area contributed by atoms with Crippen molar-refractivity contribution < 1.29 is 23.1 Å². The molecule has 0 heterocycles. The number of sulfonamides is 1. The van der Waals surface area contributed by atoms with Gasteiger partial charge in [-0.3, -0.25) is 9.59 Å². The number of amides is 1. The number of rotatable bonds is 8. The molecule has 0 radical (unpaired) electrons. The molecule has 0 aliphatic carbocycles. The summed E-state index contributed by atoms with van der Waals surface area (Å²) in [6.45, 7) is 1.57. The fraction of sp³-hybridized carbons (Fsp3) is 0.385. The van der Waals surface area contributed by atoms with Crippen LogP contribution in [0.3, 0.4) is 0 Å². The van der Waals surface area contributed by atoms with E-state index < -0.39 is 27.9 Å². The monoisotopic (exact) mass is 348 g/mol. The van der Waals surface area contributed by atoms with E-state index in [0.717, 1.165) is 0 Å². The molecule has 1 rings (SSSR count). The number of hydrogen-bond acceptors (Lipinski definition) is 4. The molecule has 22 heavy (non-hydrogen) atoms. The van der Waals surface area contributed by atoms with Gasteiger partial charge in [0.2, 0.25) is 15.9 Å². The molecule has 1 atom stereocenters. The van der Waals surface area contributed by atoms with Gasteiger partial charge in [-0.05, 0) is 37.6 Å². The first kappa shape index (κ1) is 18.4. The van der Waals surface area contributed by atoms with Crippen molar-refractivity contribution in [1.82, 2.24) is 10.0 Å². The third-order valence-corrected chi connectivity index (χ3v) is 4.52. The maximum atomic E-state index is 12.1. The Bertz CT molecular complexity index is 630. The molecule has 3 N–H and O–H groups in total. The van der Waals surface area contributed by atoms with Crippen molar-refractivity contribution in [2.45, 2.75) is 30.7 Å². The Hall–Kier alpha value is -1.64. The normalized spacial score (nSPS) is 12.6. The van der Waals surface area contributed by atoms with Crippen molar-refractivity contribution in [2.24, 2.45) is 0 Å². The fourth-order valence-corrected chi connectivity index (χ4v) is 2.90. The minimum atomic E-state index is -3.83. The van der Waals surface area contributed by atoms with E-state index >= 15 is 0 Å². The second kappa shape index (κ2) is 8.11. The predicted octanol–water partition coefficient (Wildman–Crippen LogP) is 0.988. The summed E-state index contributed by atoms with van der Waals surface area (Å²) in [6.07, 6.45) is 0.211. The lowest BCUT2D eigenvalue weighted by Gasteiger charge is -2.14. The molecule has 0 bridgehead atoms. The Kier molecular flexibility index (Phi) is 6.79. The maximum absolute atomic E-state index is 12.1. The van der Waals surface area contributed by atoms with Crippen LogP contribution in [0.15, 0.2) is 29.2 Å². The van der Waals surface area contributed by atoms with Gasteiger partial charge in [-0.1, -0.05) is 11.6 Å². The van der Waals surface area contributed by atoms with Crippen LogP contribution in [0.5, 0.6) is 0 Å². The number of carbonyl (C=O) groups excluding carboxylic acids is 1. The first-order chi connectivity index (χ1) is 10.2. The summed E-state index contributed by atoms with van der Waals surface area (Å²) in [7, 11) is -3.83. The van der Waals surface area contributed by atoms with Crippen molar-refractivity contribution in [1.29, 1.82) is 0 Å². The Balaban J connectivity index is 2.55. The van der Waals surface area contributed by atoms with Gasteiger partial charge in [0, 0.05) is 18.0 Å². The summed E-state index contributed by atoms with van der Waals surface area (Å²) in [6, 6.07) is 4.56. The van der Waals surface area contributed by atoms with Gasteiger partial charge in [-0.2, -0.15) is 4.72 Å². The number of hydrogen-bond donors (Lipinski definition) is 3. The summed E-state index contributed by atoms with van der Waals surface area (Å²) in [5, 5.41) is 11.3. The van der Waals surface area contributed by atoms with Gasteiger partial charge < -0.3 is 10.4 Å². The highest BCUT2D eigenvalue weighted by atomic mass is 35.5. The van der Waals surface area contributed by atoms with Crippen molar-refractivity contribution in [3.8, 4) is 0 Å². The molecule has 0 fully saturated rings. The topological polar surface area (TPSA) is 113 Å². The lowest BCUT2D eigenvalue weighted by Crippen LogP contribution is -2.45. The average molecular weight is 349 g/mol. The van der Waals surface area contributed by atoms with Crippen LogP contribution in [0.2, 0.25) is 5.02 Å². The lowest BCUT2D eigenvalue weighted by molar-refractivity contribution is -0.137. The molecule has 9 heteroatoms. The highest BCUT2D eigenvalue weighted by molar-refractivity contribution is 7.89. The molecule has 0 aliphatic rings. The van der Waals surface area contributed by atoms with E-state index in [1.807, 2.05) is 0 Å². The van der Waals surface area contributed by atoms with E-state index in [0.29, 0.717) is 5.02 Å².